The molecule has 0 saturated carbocycles. The summed E-state index contributed by atoms with van der Waals surface area (Å²) in [5.41, 5.74) is 0. The molecule has 1 heterocycles. The molecule has 0 aromatic rings. The van der Waals surface area contributed by atoms with Crippen LogP contribution < -0.4 is 5.32 Å². The predicted octanol–water partition coefficient (Wildman–Crippen LogP) is 0.247. The summed E-state index contributed by atoms with van der Waals surface area (Å²) in [4.78, 5) is 13.1. The van der Waals surface area contributed by atoms with Crippen molar-refractivity contribution in [1.82, 2.24) is 10.2 Å². The lowest BCUT2D eigenvalue weighted by Gasteiger charge is -2.34. The number of nitrogens with zero attached hydrogens (tertiary/aromatic N) is 1. The van der Waals surface area contributed by atoms with E-state index in [9.17, 15) is 4.79 Å². The molecule has 0 spiro atoms. The Morgan fingerprint density at radius 1 is 1.57 bits per heavy atom. The van der Waals surface area contributed by atoms with E-state index in [1.807, 2.05) is 21.0 Å². The van der Waals surface area contributed by atoms with Gasteiger partial charge in [-0.15, -0.1) is 0 Å². The maximum atomic E-state index is 10.9. The van der Waals surface area contributed by atoms with E-state index in [1.165, 1.54) is 0 Å². The molecule has 2 N–H and O–H groups in total. The molecule has 3 unspecified atom stereocenters. The SMILES string of the molecule is CC1NCC(CN(C)C)CC1C(=O)O. The van der Waals surface area contributed by atoms with Crippen LogP contribution in [0.25, 0.3) is 0 Å². The summed E-state index contributed by atoms with van der Waals surface area (Å²) in [6.07, 6.45) is 0.793. The second kappa shape index (κ2) is 4.75. The van der Waals surface area contributed by atoms with Crippen LogP contribution in [-0.4, -0.2) is 49.2 Å². The summed E-state index contributed by atoms with van der Waals surface area (Å²) in [6, 6.07) is 0.103. The Morgan fingerprint density at radius 3 is 2.71 bits per heavy atom. The van der Waals surface area contributed by atoms with Crippen LogP contribution in [-0.2, 0) is 4.79 Å². The molecule has 0 radical (unpaired) electrons. The second-order valence-electron chi connectivity index (χ2n) is 4.51. The Balaban J connectivity index is 2.49. The summed E-state index contributed by atoms with van der Waals surface area (Å²) in [5.74, 6) is -0.440. The van der Waals surface area contributed by atoms with Crippen molar-refractivity contribution in [2.75, 3.05) is 27.2 Å². The summed E-state index contributed by atoms with van der Waals surface area (Å²) in [7, 11) is 4.04. The van der Waals surface area contributed by atoms with Crippen molar-refractivity contribution in [3.63, 3.8) is 0 Å². The molecule has 1 fully saturated rings. The van der Waals surface area contributed by atoms with E-state index in [0.29, 0.717) is 5.92 Å². The van der Waals surface area contributed by atoms with Crippen molar-refractivity contribution < 1.29 is 9.90 Å². The largest absolute Gasteiger partial charge is 0.481 e. The number of piperidine rings is 1. The van der Waals surface area contributed by atoms with Gasteiger partial charge < -0.3 is 15.3 Å². The molecule has 3 atom stereocenters. The molecule has 0 aromatic heterocycles. The average molecular weight is 200 g/mol. The van der Waals surface area contributed by atoms with Crippen LogP contribution >= 0.6 is 0 Å². The molecule has 4 nitrogen and oxygen atoms in total. The summed E-state index contributed by atoms with van der Waals surface area (Å²) in [6.45, 7) is 3.84. The number of carbonyl (C=O) groups is 1. The third-order valence-electron chi connectivity index (χ3n) is 2.86. The number of nitrogens with one attached hydrogen (secondary N) is 1. The van der Waals surface area contributed by atoms with Gasteiger partial charge in [0.2, 0.25) is 0 Å². The molecular weight excluding hydrogens is 180 g/mol. The Labute approximate surface area is 85.3 Å². The van der Waals surface area contributed by atoms with Gasteiger partial charge in [-0.3, -0.25) is 4.79 Å². The van der Waals surface area contributed by atoms with Crippen LogP contribution in [0, 0.1) is 11.8 Å². The van der Waals surface area contributed by atoms with Crippen LogP contribution in [0.2, 0.25) is 0 Å². The van der Waals surface area contributed by atoms with E-state index in [0.717, 1.165) is 19.5 Å². The maximum absolute atomic E-state index is 10.9. The van der Waals surface area contributed by atoms with Crippen molar-refractivity contribution in [2.45, 2.75) is 19.4 Å². The fourth-order valence-electron chi connectivity index (χ4n) is 2.11. The maximum Gasteiger partial charge on any atom is 0.308 e. The monoisotopic (exact) mass is 200 g/mol. The molecule has 4 heteroatoms. The minimum Gasteiger partial charge on any atom is -0.481 e. The number of rotatable bonds is 3. The molecular formula is C10H20N2O2. The third kappa shape index (κ3) is 2.96. The fourth-order valence-corrected chi connectivity index (χ4v) is 2.11. The number of hydrogen-bond acceptors (Lipinski definition) is 3. The van der Waals surface area contributed by atoms with Gasteiger partial charge in [0, 0.05) is 12.6 Å². The lowest BCUT2D eigenvalue weighted by Crippen LogP contribution is -2.48. The minimum atomic E-state index is -0.673. The van der Waals surface area contributed by atoms with Crippen molar-refractivity contribution in [2.24, 2.45) is 11.8 Å². The molecule has 1 aliphatic heterocycles. The quantitative estimate of drug-likeness (QED) is 0.685. The number of aliphatic carboxylic acids is 1. The first kappa shape index (κ1) is 11.5. The topological polar surface area (TPSA) is 52.6 Å². The smallest absolute Gasteiger partial charge is 0.308 e. The lowest BCUT2D eigenvalue weighted by molar-refractivity contribution is -0.144. The van der Waals surface area contributed by atoms with Gasteiger partial charge in [-0.25, -0.2) is 0 Å². The number of hydrogen-bond donors (Lipinski definition) is 2. The zero-order valence-corrected chi connectivity index (χ0v) is 9.16. The highest BCUT2D eigenvalue weighted by Gasteiger charge is 2.32. The standard InChI is InChI=1S/C10H20N2O2/c1-7-9(10(13)14)4-8(5-11-7)6-12(2)3/h7-9,11H,4-6H2,1-3H3,(H,13,14). The first-order chi connectivity index (χ1) is 6.50. The Bertz CT molecular complexity index is 206. The van der Waals surface area contributed by atoms with E-state index in [-0.39, 0.29) is 12.0 Å². The molecule has 1 rings (SSSR count). The molecule has 0 amide bonds. The van der Waals surface area contributed by atoms with Gasteiger partial charge in [0.25, 0.3) is 0 Å². The first-order valence-corrected chi connectivity index (χ1v) is 5.11. The van der Waals surface area contributed by atoms with Crippen molar-refractivity contribution in [3.05, 3.63) is 0 Å². The van der Waals surface area contributed by atoms with Gasteiger partial charge in [-0.2, -0.15) is 0 Å². The number of carboxylic acids is 1. The van der Waals surface area contributed by atoms with Gasteiger partial charge in [0.15, 0.2) is 0 Å². The van der Waals surface area contributed by atoms with E-state index >= 15 is 0 Å². The Hall–Kier alpha value is -0.610. The molecule has 0 aromatic carbocycles. The first-order valence-electron chi connectivity index (χ1n) is 5.11. The molecule has 1 aliphatic rings. The van der Waals surface area contributed by atoms with Gasteiger partial charge in [0.1, 0.15) is 0 Å². The molecule has 82 valence electrons. The van der Waals surface area contributed by atoms with Crippen LogP contribution in [0.5, 0.6) is 0 Å². The fraction of sp³-hybridized carbons (Fsp3) is 0.900. The molecule has 0 aliphatic carbocycles. The van der Waals surface area contributed by atoms with Crippen LogP contribution in [0.3, 0.4) is 0 Å². The van der Waals surface area contributed by atoms with E-state index in [4.69, 9.17) is 5.11 Å². The van der Waals surface area contributed by atoms with Gasteiger partial charge in [-0.05, 0) is 39.9 Å². The molecule has 14 heavy (non-hydrogen) atoms. The Morgan fingerprint density at radius 2 is 2.21 bits per heavy atom. The zero-order chi connectivity index (χ0) is 10.7. The van der Waals surface area contributed by atoms with E-state index < -0.39 is 5.97 Å². The number of carboxylic acid groups (broad SMARTS) is 1. The molecule has 1 saturated heterocycles. The lowest BCUT2D eigenvalue weighted by atomic mass is 9.85. The van der Waals surface area contributed by atoms with Crippen molar-refractivity contribution >= 4 is 5.97 Å². The normalized spacial score (nSPS) is 33.3. The average Bonchev–Trinajstić information content (AvgIpc) is 2.07. The highest BCUT2D eigenvalue weighted by atomic mass is 16.4. The highest BCUT2D eigenvalue weighted by molar-refractivity contribution is 5.71. The van der Waals surface area contributed by atoms with Crippen molar-refractivity contribution in [1.29, 1.82) is 0 Å². The summed E-state index contributed by atoms with van der Waals surface area (Å²) < 4.78 is 0. The van der Waals surface area contributed by atoms with Crippen LogP contribution in [0.1, 0.15) is 13.3 Å². The highest BCUT2D eigenvalue weighted by Crippen LogP contribution is 2.21. The zero-order valence-electron chi connectivity index (χ0n) is 9.16. The van der Waals surface area contributed by atoms with E-state index in [2.05, 4.69) is 10.2 Å². The van der Waals surface area contributed by atoms with Crippen LogP contribution in [0.15, 0.2) is 0 Å². The van der Waals surface area contributed by atoms with E-state index in [1.54, 1.807) is 0 Å². The van der Waals surface area contributed by atoms with Crippen LogP contribution in [0.4, 0.5) is 0 Å². The van der Waals surface area contributed by atoms with Gasteiger partial charge in [-0.1, -0.05) is 0 Å². The minimum absolute atomic E-state index is 0.103. The van der Waals surface area contributed by atoms with Crippen molar-refractivity contribution in [3.8, 4) is 0 Å². The van der Waals surface area contributed by atoms with Gasteiger partial charge >= 0.3 is 5.97 Å². The second-order valence-corrected chi connectivity index (χ2v) is 4.51. The summed E-state index contributed by atoms with van der Waals surface area (Å²) >= 11 is 0. The molecule has 0 bridgehead atoms. The Kier molecular flexibility index (Phi) is 3.89. The predicted molar refractivity (Wildman–Crippen MR) is 55.3 cm³/mol. The third-order valence-corrected chi connectivity index (χ3v) is 2.86. The summed E-state index contributed by atoms with van der Waals surface area (Å²) in [5, 5.41) is 12.3. The van der Waals surface area contributed by atoms with Gasteiger partial charge in [0.05, 0.1) is 5.92 Å².